The highest BCUT2D eigenvalue weighted by Crippen LogP contribution is 2.18. The molecule has 1 amide bonds. The molecule has 0 aliphatic heterocycles. The summed E-state index contributed by atoms with van der Waals surface area (Å²) >= 11 is 0. The molecule has 0 heterocycles. The quantitative estimate of drug-likeness (QED) is 0.309. The minimum atomic E-state index is -0.101. The lowest BCUT2D eigenvalue weighted by molar-refractivity contribution is -0.121. The van der Waals surface area contributed by atoms with E-state index in [2.05, 4.69) is 40.9 Å². The third-order valence-electron chi connectivity index (χ3n) is 4.99. The summed E-state index contributed by atoms with van der Waals surface area (Å²) in [6.45, 7) is 0.510. The maximum Gasteiger partial charge on any atom is 0.240 e. The zero-order chi connectivity index (χ0) is 21.3. The second-order valence-electron chi connectivity index (χ2n) is 7.32. The molecule has 0 atom stereocenters. The number of nitrogens with one attached hydrogen (secondary N) is 1. The van der Waals surface area contributed by atoms with Crippen LogP contribution >= 0.6 is 0 Å². The number of ether oxygens (including phenoxy) is 1. The standard InChI is InChI=1S/C27H24N2O2/c30-27(17-13-21-6-2-1-3-7-21)29-28-19-22-11-15-26(16-12-22)31-20-23-10-14-24-8-4-5-9-25(24)18-23/h1-12,14-16,18-19H,13,17,20H2,(H,29,30)/b28-19-. The number of hydrogen-bond acceptors (Lipinski definition) is 3. The molecule has 4 nitrogen and oxygen atoms in total. The number of rotatable bonds is 8. The highest BCUT2D eigenvalue weighted by atomic mass is 16.5. The van der Waals surface area contributed by atoms with Crippen LogP contribution in [0.25, 0.3) is 10.8 Å². The second kappa shape index (κ2) is 10.2. The first kappa shape index (κ1) is 20.4. The van der Waals surface area contributed by atoms with Crippen LogP contribution in [0.2, 0.25) is 0 Å². The summed E-state index contributed by atoms with van der Waals surface area (Å²) in [5, 5.41) is 6.47. The molecule has 0 unspecified atom stereocenters. The zero-order valence-corrected chi connectivity index (χ0v) is 17.2. The van der Waals surface area contributed by atoms with Crippen LogP contribution in [0.4, 0.5) is 0 Å². The third kappa shape index (κ3) is 6.03. The van der Waals surface area contributed by atoms with Gasteiger partial charge in [-0.15, -0.1) is 0 Å². The molecule has 0 aliphatic rings. The van der Waals surface area contributed by atoms with Gasteiger partial charge in [0.05, 0.1) is 6.21 Å². The van der Waals surface area contributed by atoms with Crippen LogP contribution in [0, 0.1) is 0 Å². The van der Waals surface area contributed by atoms with Gasteiger partial charge in [0, 0.05) is 6.42 Å². The molecule has 0 aliphatic carbocycles. The molecule has 0 fully saturated rings. The summed E-state index contributed by atoms with van der Waals surface area (Å²) in [4.78, 5) is 11.9. The summed E-state index contributed by atoms with van der Waals surface area (Å²) in [5.41, 5.74) is 5.73. The van der Waals surface area contributed by atoms with Gasteiger partial charge >= 0.3 is 0 Å². The van der Waals surface area contributed by atoms with Crippen LogP contribution in [0.5, 0.6) is 5.75 Å². The van der Waals surface area contributed by atoms with Crippen LogP contribution in [0.15, 0.2) is 102 Å². The number of nitrogens with zero attached hydrogens (tertiary/aromatic N) is 1. The smallest absolute Gasteiger partial charge is 0.240 e. The Bertz CT molecular complexity index is 1170. The van der Waals surface area contributed by atoms with Crippen molar-refractivity contribution in [3.05, 3.63) is 114 Å². The molecule has 4 aromatic rings. The number of hydrogen-bond donors (Lipinski definition) is 1. The molecule has 0 radical (unpaired) electrons. The van der Waals surface area contributed by atoms with Crippen LogP contribution < -0.4 is 10.2 Å². The molecule has 154 valence electrons. The van der Waals surface area contributed by atoms with E-state index in [0.717, 1.165) is 22.4 Å². The van der Waals surface area contributed by atoms with Crippen molar-refractivity contribution in [2.75, 3.05) is 0 Å². The summed E-state index contributed by atoms with van der Waals surface area (Å²) in [7, 11) is 0. The van der Waals surface area contributed by atoms with E-state index in [1.54, 1.807) is 6.21 Å². The van der Waals surface area contributed by atoms with Crippen molar-refractivity contribution in [2.24, 2.45) is 5.10 Å². The van der Waals surface area contributed by atoms with Gasteiger partial charge < -0.3 is 4.74 Å². The van der Waals surface area contributed by atoms with Crippen molar-refractivity contribution in [1.82, 2.24) is 5.43 Å². The largest absolute Gasteiger partial charge is 0.489 e. The highest BCUT2D eigenvalue weighted by Gasteiger charge is 2.01. The predicted molar refractivity (Wildman–Crippen MR) is 125 cm³/mol. The molecule has 31 heavy (non-hydrogen) atoms. The zero-order valence-electron chi connectivity index (χ0n) is 17.2. The number of carbonyl (C=O) groups is 1. The predicted octanol–water partition coefficient (Wildman–Crippen LogP) is 5.50. The Balaban J connectivity index is 1.24. The third-order valence-corrected chi connectivity index (χ3v) is 4.99. The van der Waals surface area contributed by atoms with Crippen molar-refractivity contribution in [3.63, 3.8) is 0 Å². The van der Waals surface area contributed by atoms with Gasteiger partial charge in [0.25, 0.3) is 0 Å². The van der Waals surface area contributed by atoms with E-state index in [9.17, 15) is 4.79 Å². The second-order valence-corrected chi connectivity index (χ2v) is 7.32. The average Bonchev–Trinajstić information content (AvgIpc) is 2.83. The lowest BCUT2D eigenvalue weighted by Crippen LogP contribution is -2.17. The first-order valence-corrected chi connectivity index (χ1v) is 10.3. The van der Waals surface area contributed by atoms with E-state index in [-0.39, 0.29) is 5.91 Å². The van der Waals surface area contributed by atoms with Crippen LogP contribution in [0.1, 0.15) is 23.1 Å². The number of fused-ring (bicyclic) bond motifs is 1. The normalized spacial score (nSPS) is 11.0. The van der Waals surface area contributed by atoms with Crippen molar-refractivity contribution in [2.45, 2.75) is 19.4 Å². The van der Waals surface area contributed by atoms with Gasteiger partial charge in [0.2, 0.25) is 5.91 Å². The monoisotopic (exact) mass is 408 g/mol. The number of hydrazone groups is 1. The lowest BCUT2D eigenvalue weighted by Gasteiger charge is -2.07. The van der Waals surface area contributed by atoms with Gasteiger partial charge in [-0.1, -0.05) is 66.7 Å². The molecule has 0 spiro atoms. The van der Waals surface area contributed by atoms with Gasteiger partial charge in [-0.25, -0.2) is 5.43 Å². The van der Waals surface area contributed by atoms with Gasteiger partial charge in [0.1, 0.15) is 12.4 Å². The Labute approximate surface area is 182 Å². The van der Waals surface area contributed by atoms with Crippen LogP contribution in [0.3, 0.4) is 0 Å². The number of benzene rings is 4. The number of carbonyl (C=O) groups excluding carboxylic acids is 1. The molecule has 4 heteroatoms. The fraction of sp³-hybridized carbons (Fsp3) is 0.111. The molecule has 0 saturated heterocycles. The minimum Gasteiger partial charge on any atom is -0.489 e. The van der Waals surface area contributed by atoms with Crippen LogP contribution in [-0.2, 0) is 17.8 Å². The molecule has 0 saturated carbocycles. The van der Waals surface area contributed by atoms with Gasteiger partial charge in [-0.2, -0.15) is 5.10 Å². The van der Waals surface area contributed by atoms with Crippen molar-refractivity contribution >= 4 is 22.9 Å². The topological polar surface area (TPSA) is 50.7 Å². The van der Waals surface area contributed by atoms with Gasteiger partial charge in [0.15, 0.2) is 0 Å². The Morgan fingerprint density at radius 2 is 1.55 bits per heavy atom. The molecule has 0 bridgehead atoms. The van der Waals surface area contributed by atoms with E-state index in [0.29, 0.717) is 19.4 Å². The first-order valence-electron chi connectivity index (χ1n) is 10.3. The van der Waals surface area contributed by atoms with E-state index in [1.807, 2.05) is 66.7 Å². The maximum absolute atomic E-state index is 11.9. The minimum absolute atomic E-state index is 0.101. The van der Waals surface area contributed by atoms with Crippen LogP contribution in [-0.4, -0.2) is 12.1 Å². The average molecular weight is 409 g/mol. The molecule has 4 aromatic carbocycles. The van der Waals surface area contributed by atoms with Gasteiger partial charge in [-0.05, 0) is 64.2 Å². The van der Waals surface area contributed by atoms with E-state index in [1.165, 1.54) is 10.8 Å². The fourth-order valence-electron chi connectivity index (χ4n) is 3.28. The Kier molecular flexibility index (Phi) is 6.71. The SMILES string of the molecule is O=C(CCc1ccccc1)N/N=C\c1ccc(OCc2ccc3ccccc3c2)cc1. The Morgan fingerprint density at radius 1 is 0.806 bits per heavy atom. The lowest BCUT2D eigenvalue weighted by atomic mass is 10.1. The van der Waals surface area contributed by atoms with E-state index >= 15 is 0 Å². The summed E-state index contributed by atoms with van der Waals surface area (Å²) in [6.07, 6.45) is 2.74. The van der Waals surface area contributed by atoms with Crippen molar-refractivity contribution in [1.29, 1.82) is 0 Å². The van der Waals surface area contributed by atoms with E-state index < -0.39 is 0 Å². The molecule has 0 aromatic heterocycles. The van der Waals surface area contributed by atoms with Gasteiger partial charge in [-0.3, -0.25) is 4.79 Å². The summed E-state index contributed by atoms with van der Waals surface area (Å²) in [5.74, 6) is 0.688. The molecular formula is C27H24N2O2. The van der Waals surface area contributed by atoms with Crippen molar-refractivity contribution in [3.8, 4) is 5.75 Å². The molecular weight excluding hydrogens is 384 g/mol. The number of amides is 1. The highest BCUT2D eigenvalue weighted by molar-refractivity contribution is 5.83. The summed E-state index contributed by atoms with van der Waals surface area (Å²) < 4.78 is 5.90. The molecule has 1 N–H and O–H groups in total. The molecule has 4 rings (SSSR count). The first-order chi connectivity index (χ1) is 15.3. The maximum atomic E-state index is 11.9. The van der Waals surface area contributed by atoms with E-state index in [4.69, 9.17) is 4.74 Å². The Hall–Kier alpha value is -3.92. The summed E-state index contributed by atoms with van der Waals surface area (Å²) in [6, 6.07) is 32.2. The van der Waals surface area contributed by atoms with Crippen molar-refractivity contribution < 1.29 is 9.53 Å². The Morgan fingerprint density at radius 3 is 2.35 bits per heavy atom. The number of aryl methyl sites for hydroxylation is 1. The fourth-order valence-corrected chi connectivity index (χ4v) is 3.28.